The molecule has 0 radical (unpaired) electrons. The molecule has 0 rings (SSSR count). The second kappa shape index (κ2) is 12.3. The van der Waals surface area contributed by atoms with E-state index in [4.69, 9.17) is 9.68 Å². The Balaban J connectivity index is 4.61. The standard InChI is InChI=1S/C17H34NO5/c1-5-8-10-12-16(20)22-18(4,14-15(19)7-3)23-17(21)13-11-9-6-2/h15,19H,5-14H2,1-4H3/q+1. The molecular formula is C17H34NO5+. The van der Waals surface area contributed by atoms with Crippen molar-refractivity contribution in [3.8, 4) is 0 Å². The highest BCUT2D eigenvalue weighted by atomic mass is 17.0. The van der Waals surface area contributed by atoms with Crippen LogP contribution >= 0.6 is 0 Å². The van der Waals surface area contributed by atoms with Gasteiger partial charge in [-0.15, -0.1) is 0 Å². The van der Waals surface area contributed by atoms with Gasteiger partial charge >= 0.3 is 11.9 Å². The van der Waals surface area contributed by atoms with Gasteiger partial charge in [-0.2, -0.15) is 0 Å². The van der Waals surface area contributed by atoms with E-state index in [0.29, 0.717) is 6.42 Å². The molecule has 0 saturated heterocycles. The predicted molar refractivity (Wildman–Crippen MR) is 87.8 cm³/mol. The van der Waals surface area contributed by atoms with E-state index in [0.717, 1.165) is 38.5 Å². The average Bonchev–Trinajstić information content (AvgIpc) is 2.47. The van der Waals surface area contributed by atoms with Crippen LogP contribution in [0.3, 0.4) is 0 Å². The topological polar surface area (TPSA) is 72.8 Å². The van der Waals surface area contributed by atoms with Gasteiger partial charge in [-0.25, -0.2) is 19.3 Å². The Morgan fingerprint density at radius 1 is 0.913 bits per heavy atom. The van der Waals surface area contributed by atoms with Crippen molar-refractivity contribution in [2.45, 2.75) is 84.7 Å². The van der Waals surface area contributed by atoms with Crippen molar-refractivity contribution < 1.29 is 29.2 Å². The lowest BCUT2D eigenvalue weighted by atomic mass is 10.2. The quantitative estimate of drug-likeness (QED) is 0.318. The SMILES string of the molecule is CCCCCC(=O)O[N+](C)(CC(O)CC)OC(=O)CCCCC. The molecule has 6 heteroatoms. The normalized spacial score (nSPS) is 12.7. The molecule has 136 valence electrons. The Morgan fingerprint density at radius 2 is 1.35 bits per heavy atom. The van der Waals surface area contributed by atoms with Gasteiger partial charge < -0.3 is 5.11 Å². The number of hydroxylamine groups is 4. The molecular weight excluding hydrogens is 298 g/mol. The van der Waals surface area contributed by atoms with Crippen LogP contribution in [0.4, 0.5) is 0 Å². The number of carbonyl (C=O) groups excluding carboxylic acids is 2. The summed E-state index contributed by atoms with van der Waals surface area (Å²) in [6.07, 6.45) is 5.79. The number of hydrogen-bond donors (Lipinski definition) is 1. The fourth-order valence-electron chi connectivity index (χ4n) is 2.17. The second-order valence-corrected chi connectivity index (χ2v) is 6.10. The van der Waals surface area contributed by atoms with Crippen molar-refractivity contribution in [3.63, 3.8) is 0 Å². The van der Waals surface area contributed by atoms with Gasteiger partial charge in [0.25, 0.3) is 0 Å². The molecule has 0 aromatic carbocycles. The Bertz CT molecular complexity index is 322. The van der Waals surface area contributed by atoms with Gasteiger partial charge in [0.1, 0.15) is 6.10 Å². The summed E-state index contributed by atoms with van der Waals surface area (Å²) in [5.41, 5.74) is 0. The van der Waals surface area contributed by atoms with Crippen LogP contribution in [0.25, 0.3) is 0 Å². The molecule has 0 bridgehead atoms. The van der Waals surface area contributed by atoms with E-state index in [1.54, 1.807) is 0 Å². The first-order valence-corrected chi connectivity index (χ1v) is 8.85. The minimum absolute atomic E-state index is 0.0372. The number of carbonyl (C=O) groups is 2. The molecule has 0 aromatic heterocycles. The summed E-state index contributed by atoms with van der Waals surface area (Å²) in [5, 5.41) is 9.85. The maximum atomic E-state index is 11.9. The zero-order valence-electron chi connectivity index (χ0n) is 15.2. The van der Waals surface area contributed by atoms with Crippen LogP contribution < -0.4 is 0 Å². The highest BCUT2D eigenvalue weighted by Crippen LogP contribution is 2.14. The number of hydrogen-bond acceptors (Lipinski definition) is 5. The van der Waals surface area contributed by atoms with Crippen LogP contribution in [0, 0.1) is 0 Å². The maximum absolute atomic E-state index is 11.9. The summed E-state index contributed by atoms with van der Waals surface area (Å²) < 4.78 is 0. The first-order chi connectivity index (χ1) is 10.9. The third-order valence-electron chi connectivity index (χ3n) is 3.57. The van der Waals surface area contributed by atoms with Crippen molar-refractivity contribution in [3.05, 3.63) is 0 Å². The van der Waals surface area contributed by atoms with Crippen molar-refractivity contribution in [2.24, 2.45) is 0 Å². The molecule has 0 saturated carbocycles. The highest BCUT2D eigenvalue weighted by molar-refractivity contribution is 5.69. The highest BCUT2D eigenvalue weighted by Gasteiger charge is 2.36. The molecule has 23 heavy (non-hydrogen) atoms. The third kappa shape index (κ3) is 11.1. The van der Waals surface area contributed by atoms with Gasteiger partial charge in [0.05, 0.1) is 12.8 Å². The summed E-state index contributed by atoms with van der Waals surface area (Å²) in [6, 6.07) is 0. The second-order valence-electron chi connectivity index (χ2n) is 6.10. The van der Waals surface area contributed by atoms with Crippen molar-refractivity contribution in [1.82, 2.24) is 0 Å². The Labute approximate surface area is 140 Å². The van der Waals surface area contributed by atoms with Gasteiger partial charge in [0.15, 0.2) is 13.6 Å². The Kier molecular flexibility index (Phi) is 11.7. The molecule has 1 N–H and O–H groups in total. The van der Waals surface area contributed by atoms with Crippen molar-refractivity contribution in [2.75, 3.05) is 13.6 Å². The lowest BCUT2D eigenvalue weighted by Gasteiger charge is -2.28. The molecule has 1 unspecified atom stereocenters. The fourth-order valence-corrected chi connectivity index (χ4v) is 2.17. The fraction of sp³-hybridized carbons (Fsp3) is 0.882. The summed E-state index contributed by atoms with van der Waals surface area (Å²) in [7, 11) is 1.49. The number of nitrogens with zero attached hydrogens (tertiary/aromatic N) is 1. The number of likely N-dealkylation sites (N-methyl/N-ethyl adjacent to an activating group) is 1. The van der Waals surface area contributed by atoms with Crippen LogP contribution in [-0.2, 0) is 19.3 Å². The van der Waals surface area contributed by atoms with Gasteiger partial charge in [-0.3, -0.25) is 0 Å². The molecule has 0 fully saturated rings. The van der Waals surface area contributed by atoms with E-state index in [2.05, 4.69) is 13.8 Å². The number of quaternary nitrogens is 1. The third-order valence-corrected chi connectivity index (χ3v) is 3.57. The first kappa shape index (κ1) is 21.9. The summed E-state index contributed by atoms with van der Waals surface area (Å²) >= 11 is 0. The lowest BCUT2D eigenvalue weighted by Crippen LogP contribution is -2.51. The van der Waals surface area contributed by atoms with E-state index >= 15 is 0 Å². The lowest BCUT2D eigenvalue weighted by molar-refractivity contribution is -1.21. The maximum Gasteiger partial charge on any atom is 0.372 e. The average molecular weight is 332 g/mol. The number of aliphatic hydroxyl groups is 1. The number of unbranched alkanes of at least 4 members (excludes halogenated alkanes) is 4. The smallest absolute Gasteiger partial charge is 0.372 e. The molecule has 0 aliphatic carbocycles. The molecule has 6 nitrogen and oxygen atoms in total. The summed E-state index contributed by atoms with van der Waals surface area (Å²) in [5.74, 6) is -0.823. The van der Waals surface area contributed by atoms with E-state index in [9.17, 15) is 14.7 Å². The van der Waals surface area contributed by atoms with Crippen LogP contribution in [0.15, 0.2) is 0 Å². The number of rotatable bonds is 13. The van der Waals surface area contributed by atoms with Gasteiger partial charge in [0.2, 0.25) is 0 Å². The first-order valence-electron chi connectivity index (χ1n) is 8.85. The molecule has 1 atom stereocenters. The van der Waals surface area contributed by atoms with E-state index in [1.807, 2.05) is 6.92 Å². The molecule has 0 aromatic rings. The largest absolute Gasteiger partial charge is 0.387 e. The zero-order chi connectivity index (χ0) is 17.7. The Morgan fingerprint density at radius 3 is 1.70 bits per heavy atom. The van der Waals surface area contributed by atoms with Crippen LogP contribution in [0.1, 0.15) is 78.6 Å². The van der Waals surface area contributed by atoms with Crippen LogP contribution in [-0.4, -0.2) is 41.6 Å². The van der Waals surface area contributed by atoms with Crippen molar-refractivity contribution >= 4 is 11.9 Å². The van der Waals surface area contributed by atoms with Gasteiger partial charge in [-0.1, -0.05) is 46.5 Å². The minimum atomic E-state index is -0.702. The molecule has 0 heterocycles. The zero-order valence-corrected chi connectivity index (χ0v) is 15.2. The predicted octanol–water partition coefficient (Wildman–Crippen LogP) is 3.28. The van der Waals surface area contributed by atoms with E-state index in [1.165, 1.54) is 7.05 Å². The van der Waals surface area contributed by atoms with Crippen LogP contribution in [0.2, 0.25) is 0 Å². The molecule has 0 amide bonds. The summed E-state index contributed by atoms with van der Waals surface area (Å²) in [6.45, 7) is 5.97. The molecule has 0 aliphatic rings. The van der Waals surface area contributed by atoms with E-state index < -0.39 is 22.9 Å². The molecule has 0 spiro atoms. The minimum Gasteiger partial charge on any atom is -0.387 e. The molecule has 0 aliphatic heterocycles. The van der Waals surface area contributed by atoms with E-state index in [-0.39, 0.29) is 19.4 Å². The van der Waals surface area contributed by atoms with Gasteiger partial charge in [-0.05, 0) is 19.3 Å². The van der Waals surface area contributed by atoms with Crippen LogP contribution in [0.5, 0.6) is 0 Å². The Hall–Kier alpha value is -1.14. The van der Waals surface area contributed by atoms with Crippen molar-refractivity contribution in [1.29, 1.82) is 0 Å². The van der Waals surface area contributed by atoms with Gasteiger partial charge in [0, 0.05) is 4.81 Å². The number of aliphatic hydroxyl groups excluding tert-OH is 1. The summed E-state index contributed by atoms with van der Waals surface area (Å²) in [4.78, 5) is 33.9. The monoisotopic (exact) mass is 332 g/mol.